The van der Waals surface area contributed by atoms with Gasteiger partial charge in [0.1, 0.15) is 12.2 Å². The van der Waals surface area contributed by atoms with Crippen LogP contribution in [0.25, 0.3) is 0 Å². The third kappa shape index (κ3) is 6.72. The van der Waals surface area contributed by atoms with E-state index in [1.165, 1.54) is 11.3 Å². The molecule has 0 amide bonds. The van der Waals surface area contributed by atoms with Crippen LogP contribution >= 0.6 is 0 Å². The van der Waals surface area contributed by atoms with E-state index in [1.54, 1.807) is 6.33 Å². The van der Waals surface area contributed by atoms with E-state index in [-0.39, 0.29) is 0 Å². The number of anilines is 1. The van der Waals surface area contributed by atoms with Crippen LogP contribution in [-0.2, 0) is 13.0 Å². The van der Waals surface area contributed by atoms with Crippen LogP contribution in [0.5, 0.6) is 0 Å². The predicted octanol–water partition coefficient (Wildman–Crippen LogP) is 2.40. The Balaban J connectivity index is 1.89. The zero-order chi connectivity index (χ0) is 20.2. The normalized spacial score (nSPS) is 11.3. The number of nitrogens with zero attached hydrogens (tertiary/aromatic N) is 5. The minimum Gasteiger partial charge on any atom is -0.370 e. The van der Waals surface area contributed by atoms with Gasteiger partial charge in [0, 0.05) is 44.8 Å². The van der Waals surface area contributed by atoms with Gasteiger partial charge in [-0.1, -0.05) is 25.1 Å². The molecular formula is C21H33N7. The van der Waals surface area contributed by atoms with Gasteiger partial charge in [-0.3, -0.25) is 4.99 Å². The van der Waals surface area contributed by atoms with Crippen LogP contribution in [0.2, 0.25) is 0 Å². The SMILES string of the molecule is C=CCNC(=NCCN(CC)c1cccc(C)c1)NCCn1cnnc1CC. The van der Waals surface area contributed by atoms with Crippen molar-refractivity contribution in [1.82, 2.24) is 25.4 Å². The summed E-state index contributed by atoms with van der Waals surface area (Å²) in [4.78, 5) is 7.06. The number of hydrogen-bond donors (Lipinski definition) is 2. The molecule has 1 aromatic carbocycles. The van der Waals surface area contributed by atoms with Crippen LogP contribution < -0.4 is 15.5 Å². The summed E-state index contributed by atoms with van der Waals surface area (Å²) in [7, 11) is 0. The fourth-order valence-electron chi connectivity index (χ4n) is 2.95. The van der Waals surface area contributed by atoms with Crippen molar-refractivity contribution >= 4 is 11.6 Å². The van der Waals surface area contributed by atoms with Gasteiger partial charge in [0.2, 0.25) is 0 Å². The van der Waals surface area contributed by atoms with Crippen molar-refractivity contribution in [2.45, 2.75) is 33.7 Å². The van der Waals surface area contributed by atoms with E-state index in [9.17, 15) is 0 Å². The van der Waals surface area contributed by atoms with Crippen LogP contribution in [0, 0.1) is 6.92 Å². The summed E-state index contributed by atoms with van der Waals surface area (Å²) in [6.07, 6.45) is 4.48. The van der Waals surface area contributed by atoms with Gasteiger partial charge in [-0.05, 0) is 31.5 Å². The van der Waals surface area contributed by atoms with Crippen molar-refractivity contribution < 1.29 is 0 Å². The first-order valence-corrected chi connectivity index (χ1v) is 9.99. The van der Waals surface area contributed by atoms with E-state index >= 15 is 0 Å². The fraction of sp³-hybridized carbons (Fsp3) is 0.476. The molecule has 28 heavy (non-hydrogen) atoms. The lowest BCUT2D eigenvalue weighted by atomic mass is 10.2. The highest BCUT2D eigenvalue weighted by atomic mass is 15.3. The third-order valence-electron chi connectivity index (χ3n) is 4.46. The molecule has 0 bridgehead atoms. The summed E-state index contributed by atoms with van der Waals surface area (Å²) in [6.45, 7) is 14.9. The maximum Gasteiger partial charge on any atom is 0.191 e. The van der Waals surface area contributed by atoms with Crippen molar-refractivity contribution in [2.75, 3.05) is 37.6 Å². The Morgan fingerprint density at radius 1 is 1.32 bits per heavy atom. The van der Waals surface area contributed by atoms with Gasteiger partial charge in [0.05, 0.1) is 6.54 Å². The van der Waals surface area contributed by atoms with Crippen molar-refractivity contribution in [3.05, 3.63) is 54.6 Å². The summed E-state index contributed by atoms with van der Waals surface area (Å²) in [6, 6.07) is 8.59. The summed E-state index contributed by atoms with van der Waals surface area (Å²) in [5, 5.41) is 14.8. The second-order valence-corrected chi connectivity index (χ2v) is 6.54. The predicted molar refractivity (Wildman–Crippen MR) is 117 cm³/mol. The van der Waals surface area contributed by atoms with E-state index in [4.69, 9.17) is 4.99 Å². The zero-order valence-corrected chi connectivity index (χ0v) is 17.4. The van der Waals surface area contributed by atoms with Gasteiger partial charge in [0.25, 0.3) is 0 Å². The topological polar surface area (TPSA) is 70.4 Å². The van der Waals surface area contributed by atoms with Crippen LogP contribution in [-0.4, -0.2) is 53.4 Å². The Bertz CT molecular complexity index is 751. The summed E-state index contributed by atoms with van der Waals surface area (Å²) < 4.78 is 2.06. The molecule has 0 atom stereocenters. The smallest absolute Gasteiger partial charge is 0.191 e. The average molecular weight is 384 g/mol. The van der Waals surface area contributed by atoms with E-state index < -0.39 is 0 Å². The van der Waals surface area contributed by atoms with Crippen molar-refractivity contribution in [3.8, 4) is 0 Å². The van der Waals surface area contributed by atoms with Crippen LogP contribution in [0.15, 0.2) is 48.2 Å². The van der Waals surface area contributed by atoms with Crippen LogP contribution in [0.1, 0.15) is 25.2 Å². The molecule has 0 saturated carbocycles. The molecule has 2 N–H and O–H groups in total. The Kier molecular flexibility index (Phi) is 9.04. The van der Waals surface area contributed by atoms with Gasteiger partial charge in [0.15, 0.2) is 5.96 Å². The highest BCUT2D eigenvalue weighted by Gasteiger charge is 2.05. The zero-order valence-electron chi connectivity index (χ0n) is 17.4. The first-order valence-electron chi connectivity index (χ1n) is 9.99. The molecule has 0 aliphatic carbocycles. The highest BCUT2D eigenvalue weighted by molar-refractivity contribution is 5.79. The molecule has 152 valence electrons. The maximum absolute atomic E-state index is 4.72. The monoisotopic (exact) mass is 383 g/mol. The number of hydrogen-bond acceptors (Lipinski definition) is 4. The van der Waals surface area contributed by atoms with Crippen molar-refractivity contribution in [1.29, 1.82) is 0 Å². The molecule has 0 fully saturated rings. The minimum absolute atomic E-state index is 0.675. The fourth-order valence-corrected chi connectivity index (χ4v) is 2.95. The average Bonchev–Trinajstić information content (AvgIpc) is 3.16. The van der Waals surface area contributed by atoms with E-state index in [0.29, 0.717) is 13.1 Å². The van der Waals surface area contributed by atoms with E-state index in [1.807, 2.05) is 6.08 Å². The Morgan fingerprint density at radius 2 is 2.18 bits per heavy atom. The number of aryl methyl sites for hydroxylation is 2. The molecule has 7 heteroatoms. The molecule has 7 nitrogen and oxygen atoms in total. The van der Waals surface area contributed by atoms with Gasteiger partial charge in [-0.2, -0.15) is 0 Å². The molecule has 2 aromatic rings. The van der Waals surface area contributed by atoms with Gasteiger partial charge < -0.3 is 20.1 Å². The summed E-state index contributed by atoms with van der Waals surface area (Å²) in [5.41, 5.74) is 2.51. The molecule has 2 rings (SSSR count). The second kappa shape index (κ2) is 11.8. The molecule has 0 aliphatic heterocycles. The summed E-state index contributed by atoms with van der Waals surface area (Å²) >= 11 is 0. The van der Waals surface area contributed by atoms with E-state index in [0.717, 1.165) is 44.4 Å². The lowest BCUT2D eigenvalue weighted by molar-refractivity contribution is 0.633. The first-order chi connectivity index (χ1) is 13.7. The highest BCUT2D eigenvalue weighted by Crippen LogP contribution is 2.15. The van der Waals surface area contributed by atoms with Crippen molar-refractivity contribution in [3.63, 3.8) is 0 Å². The number of benzene rings is 1. The molecule has 0 radical (unpaired) electrons. The largest absolute Gasteiger partial charge is 0.370 e. The van der Waals surface area contributed by atoms with Crippen molar-refractivity contribution in [2.24, 2.45) is 4.99 Å². The first kappa shape index (κ1) is 21.5. The molecule has 1 heterocycles. The number of aliphatic imine (C=N–C) groups is 1. The van der Waals surface area contributed by atoms with E-state index in [2.05, 4.69) is 81.9 Å². The van der Waals surface area contributed by atoms with Gasteiger partial charge in [-0.15, -0.1) is 16.8 Å². The van der Waals surface area contributed by atoms with Crippen LogP contribution in [0.3, 0.4) is 0 Å². The maximum atomic E-state index is 4.72. The Labute approximate surface area is 168 Å². The molecule has 1 aromatic heterocycles. The van der Waals surface area contributed by atoms with Gasteiger partial charge in [-0.25, -0.2) is 0 Å². The molecule has 0 saturated heterocycles. The lowest BCUT2D eigenvalue weighted by Crippen LogP contribution is -2.39. The number of nitrogens with one attached hydrogen (secondary N) is 2. The second-order valence-electron chi connectivity index (χ2n) is 6.54. The molecular weight excluding hydrogens is 350 g/mol. The number of likely N-dealkylation sites (N-methyl/N-ethyl adjacent to an activating group) is 1. The molecule has 0 unspecified atom stereocenters. The quantitative estimate of drug-likeness (QED) is 0.354. The number of guanidine groups is 1. The molecule has 0 aliphatic rings. The van der Waals surface area contributed by atoms with Crippen LogP contribution in [0.4, 0.5) is 5.69 Å². The minimum atomic E-state index is 0.675. The summed E-state index contributed by atoms with van der Waals surface area (Å²) in [5.74, 6) is 1.79. The Hall–Kier alpha value is -2.83. The lowest BCUT2D eigenvalue weighted by Gasteiger charge is -2.23. The standard InChI is InChI=1S/C21H33N7/c1-5-11-22-21(24-13-15-28-17-25-26-20(28)6-2)23-12-14-27(7-3)19-10-8-9-18(4)16-19/h5,8-10,16-17H,1,6-7,11-15H2,2-4H3,(H2,22,23,24). The third-order valence-corrected chi connectivity index (χ3v) is 4.46. The molecule has 0 spiro atoms. The number of rotatable bonds is 11. The van der Waals surface area contributed by atoms with Gasteiger partial charge >= 0.3 is 0 Å². The number of aromatic nitrogens is 3. The Morgan fingerprint density at radius 3 is 2.89 bits per heavy atom.